The van der Waals surface area contributed by atoms with Crippen LogP contribution in [0.2, 0.25) is 0 Å². The summed E-state index contributed by atoms with van der Waals surface area (Å²) in [5.41, 5.74) is 0. The average molecular weight is 1920 g/mol. The van der Waals surface area contributed by atoms with Crippen molar-refractivity contribution in [2.75, 3.05) is 45.8 Å². The summed E-state index contributed by atoms with van der Waals surface area (Å²) in [6.07, 6.45) is 157. The van der Waals surface area contributed by atoms with Crippen molar-refractivity contribution in [1.29, 1.82) is 0 Å². The van der Waals surface area contributed by atoms with Crippen molar-refractivity contribution in [3.63, 3.8) is 0 Å². The molecular formula is C128H264N4O4. The van der Waals surface area contributed by atoms with Gasteiger partial charge < -0.3 is 40.7 Å². The molecule has 136 heavy (non-hydrogen) atoms. The molecule has 820 valence electrons. The van der Waals surface area contributed by atoms with Gasteiger partial charge in [-0.2, -0.15) is 0 Å². The van der Waals surface area contributed by atoms with E-state index in [0.29, 0.717) is 19.6 Å². The van der Waals surface area contributed by atoms with Crippen LogP contribution in [0.1, 0.15) is 768 Å². The monoisotopic (exact) mass is 1920 g/mol. The molecule has 0 saturated carbocycles. The molecule has 0 aromatic rings. The van der Waals surface area contributed by atoms with Crippen molar-refractivity contribution in [1.82, 2.24) is 10.2 Å². The second-order valence-corrected chi connectivity index (χ2v) is 44.3. The summed E-state index contributed by atoms with van der Waals surface area (Å²) >= 11 is 0. The Kier molecular flexibility index (Phi) is 145. The molecule has 0 atom stereocenters. The Balaban J connectivity index is -0.000000870. The second kappa shape index (κ2) is 140. The van der Waals surface area contributed by atoms with Gasteiger partial charge in [-0.15, -0.1) is 0 Å². The van der Waals surface area contributed by atoms with Crippen LogP contribution in [0, 0.1) is 0 Å². The van der Waals surface area contributed by atoms with Crippen LogP contribution in [-0.4, -0.2) is 62.9 Å². The van der Waals surface area contributed by atoms with Gasteiger partial charge in [0.25, 0.3) is 0 Å². The smallest absolute Gasteiger partial charge is 0.136 e. The number of unbranched alkanes of at least 4 members (excludes halogenated alkanes) is 105. The highest BCUT2D eigenvalue weighted by atomic mass is 16.4. The maximum absolute atomic E-state index is 11.5. The molecule has 0 spiro atoms. The van der Waals surface area contributed by atoms with Gasteiger partial charge in [-0.1, -0.05) is 697 Å². The predicted molar refractivity (Wildman–Crippen MR) is 611 cm³/mol. The minimum Gasteiger partial charge on any atom is -0.530 e. The number of hydrogen-bond acceptors (Lipinski definition) is 4. The highest BCUT2D eigenvalue weighted by Gasteiger charge is 2.08. The van der Waals surface area contributed by atoms with Gasteiger partial charge in [0.2, 0.25) is 0 Å². The van der Waals surface area contributed by atoms with Crippen molar-refractivity contribution in [2.24, 2.45) is 0 Å². The van der Waals surface area contributed by atoms with E-state index in [9.17, 15) is 19.8 Å². The van der Waals surface area contributed by atoms with Gasteiger partial charge in [-0.3, -0.25) is 0 Å². The number of rotatable bonds is 119. The molecule has 0 fully saturated rings. The number of quaternary nitrogens is 2. The number of nitrogens with zero attached hydrogens (tertiary/aromatic N) is 1. The lowest BCUT2D eigenvalue weighted by Gasteiger charge is -2.25. The van der Waals surface area contributed by atoms with E-state index >= 15 is 0 Å². The summed E-state index contributed by atoms with van der Waals surface area (Å²) in [5.74, 6) is 0. The second-order valence-electron chi connectivity index (χ2n) is 44.3. The third kappa shape index (κ3) is 145. The van der Waals surface area contributed by atoms with Gasteiger partial charge >= 0.3 is 0 Å². The summed E-state index contributed by atoms with van der Waals surface area (Å²) in [4.78, 5) is 23.2. The highest BCUT2D eigenvalue weighted by Crippen LogP contribution is 2.23. The minimum absolute atomic E-state index is 0.542. The first-order chi connectivity index (χ1) is 67.3. The van der Waals surface area contributed by atoms with Crippen LogP contribution < -0.4 is 26.2 Å². The molecule has 0 aromatic carbocycles. The fraction of sp³-hybridized carbons (Fsp3) is 0.984. The van der Waals surface area contributed by atoms with Gasteiger partial charge in [0, 0.05) is 19.6 Å². The van der Waals surface area contributed by atoms with E-state index in [4.69, 9.17) is 0 Å². The summed E-state index contributed by atoms with van der Waals surface area (Å²) in [6.45, 7) is 23.4. The maximum Gasteiger partial charge on any atom is 0.136 e. The SMILES string of the molecule is CCCCCCCCCCCCCCCCCCN(CCCCCCCCCCCCCCCCCC)C(=O)[O-].CCCCCCCCCCCCCCCCCCNC(=O)[O-].CCCCCCCCCCCCCCCCCC[NH2+]CCCCCCCCCCCCCCCCCC.CCCCCCCCCCCCCCCCCC[NH2+]CCCCCCCCCCCCCCCCCC. The van der Waals surface area contributed by atoms with Crippen LogP contribution in [0.4, 0.5) is 9.59 Å². The Labute approximate surface area is 860 Å². The normalized spacial score (nSPS) is 11.3. The van der Waals surface area contributed by atoms with Crippen LogP contribution in [-0.2, 0) is 0 Å². The molecule has 5 N–H and O–H groups in total. The van der Waals surface area contributed by atoms with Crippen LogP contribution >= 0.6 is 0 Å². The van der Waals surface area contributed by atoms with E-state index in [2.05, 4.69) is 64.4 Å². The van der Waals surface area contributed by atoms with Crippen LogP contribution in [0.15, 0.2) is 0 Å². The lowest BCUT2D eigenvalue weighted by atomic mass is 10.0. The Hall–Kier alpha value is -1.54. The van der Waals surface area contributed by atoms with Crippen LogP contribution in [0.25, 0.3) is 0 Å². The van der Waals surface area contributed by atoms with Gasteiger partial charge in [0.15, 0.2) is 0 Å². The molecule has 0 saturated heterocycles. The molecule has 0 aliphatic rings. The molecule has 0 bridgehead atoms. The van der Waals surface area contributed by atoms with Crippen molar-refractivity contribution in [3.05, 3.63) is 0 Å². The first-order valence-electron chi connectivity index (χ1n) is 64.9. The van der Waals surface area contributed by atoms with Gasteiger partial charge in [-0.05, 0) is 70.6 Å². The summed E-state index contributed by atoms with van der Waals surface area (Å²) in [6, 6.07) is 0. The molecule has 0 aliphatic heterocycles. The van der Waals surface area contributed by atoms with Gasteiger partial charge in [-0.25, -0.2) is 0 Å². The molecule has 8 nitrogen and oxygen atoms in total. The van der Waals surface area contributed by atoms with E-state index in [1.54, 1.807) is 4.90 Å². The topological polar surface area (TPSA) is 129 Å². The summed E-state index contributed by atoms with van der Waals surface area (Å²) < 4.78 is 0. The molecule has 0 aromatic heterocycles. The van der Waals surface area contributed by atoms with Crippen molar-refractivity contribution >= 4 is 12.2 Å². The Morgan fingerprint density at radius 2 is 0.257 bits per heavy atom. The van der Waals surface area contributed by atoms with Crippen molar-refractivity contribution in [2.45, 2.75) is 768 Å². The van der Waals surface area contributed by atoms with Crippen molar-refractivity contribution in [3.8, 4) is 0 Å². The van der Waals surface area contributed by atoms with E-state index in [1.807, 2.05) is 0 Å². The lowest BCUT2D eigenvalue weighted by Crippen LogP contribution is -2.84. The summed E-state index contributed by atoms with van der Waals surface area (Å²) in [7, 11) is 0. The number of carboxylic acid groups (broad SMARTS) is 2. The Bertz CT molecular complexity index is 1810. The number of hydrogen-bond donors (Lipinski definition) is 3. The predicted octanol–water partition coefficient (Wildman–Crippen LogP) is 41.5. The zero-order valence-electron chi connectivity index (χ0n) is 95.9. The van der Waals surface area contributed by atoms with Gasteiger partial charge in [0.1, 0.15) is 12.2 Å². The zero-order valence-corrected chi connectivity index (χ0v) is 95.9. The minimum atomic E-state index is -1.15. The maximum atomic E-state index is 11.5. The zero-order chi connectivity index (χ0) is 99.0. The third-order valence-electron chi connectivity index (χ3n) is 30.2. The highest BCUT2D eigenvalue weighted by molar-refractivity contribution is 5.62. The Morgan fingerprint density at radius 1 is 0.154 bits per heavy atom. The van der Waals surface area contributed by atoms with Gasteiger partial charge in [0.05, 0.1) is 26.2 Å². The Morgan fingerprint density at radius 3 is 0.368 bits per heavy atom. The number of amides is 2. The number of nitrogens with one attached hydrogen (secondary N) is 1. The quantitative estimate of drug-likeness (QED) is 0.0524. The van der Waals surface area contributed by atoms with Crippen molar-refractivity contribution < 1.29 is 30.4 Å². The molecule has 8 heteroatoms. The van der Waals surface area contributed by atoms with Crippen LogP contribution in [0.5, 0.6) is 0 Å². The third-order valence-corrected chi connectivity index (χ3v) is 30.2. The number of carbonyl (C=O) groups is 2. The fourth-order valence-electron chi connectivity index (χ4n) is 20.5. The van der Waals surface area contributed by atoms with Crippen LogP contribution in [0.3, 0.4) is 0 Å². The first-order valence-corrected chi connectivity index (χ1v) is 64.9. The molecular weight excluding hydrogens is 1660 g/mol. The standard InChI is InChI=1S/C37H75NO2.2C36H75N.C19H39NO2/c1-3-5-7-9-11-13-15-17-19-21-23-25-27-29-31-33-35-38(37(39)40)36-34-32-30-28-26-24-22-20-18-16-14-12-10-8-6-4-2;2*1-3-5-7-9-11-13-15-17-19-21-23-25-27-29-31-33-35-37-36-34-32-30-28-26-24-22-20-18-16-14-12-10-8-6-4-2;1-2-3-4-5-6-7-8-9-10-11-12-13-14-15-16-17-18-20-19(21)22/h3-36H2,1-2H3,(H,39,40);2*37H,3-36H2,1-2H3;20H,2-18H2,1H3,(H,21,22). The number of nitrogens with two attached hydrogens (primary N) is 2. The van der Waals surface area contributed by atoms with E-state index in [-0.39, 0.29) is 0 Å². The molecule has 0 heterocycles. The molecule has 0 unspecified atom stereocenters. The van der Waals surface area contributed by atoms with E-state index in [0.717, 1.165) is 38.5 Å². The van der Waals surface area contributed by atoms with E-state index in [1.165, 1.54) is 707 Å². The summed E-state index contributed by atoms with van der Waals surface area (Å²) in [5, 5.41) is 29.1. The first kappa shape index (κ1) is 141. The number of carbonyl (C=O) groups excluding carboxylic acids is 2. The average Bonchev–Trinajstić information content (AvgIpc) is 0.964. The lowest BCUT2D eigenvalue weighted by molar-refractivity contribution is -0.655. The van der Waals surface area contributed by atoms with E-state index < -0.39 is 12.2 Å². The largest absolute Gasteiger partial charge is 0.530 e. The molecule has 0 radical (unpaired) electrons. The fourth-order valence-corrected chi connectivity index (χ4v) is 20.5. The molecule has 0 rings (SSSR count). The molecule has 2 amide bonds. The molecule has 0 aliphatic carbocycles.